The molecule has 0 aliphatic carbocycles. The van der Waals surface area contributed by atoms with Gasteiger partial charge < -0.3 is 24.1 Å². The topological polar surface area (TPSA) is 105 Å². The Balaban J connectivity index is 1.58. The fourth-order valence-corrected chi connectivity index (χ4v) is 4.67. The number of ether oxygens (including phenoxy) is 3. The molecule has 9 nitrogen and oxygen atoms in total. The number of rotatable bonds is 11. The van der Waals surface area contributed by atoms with Gasteiger partial charge in [0.1, 0.15) is 23.1 Å². The Morgan fingerprint density at radius 2 is 1.88 bits per heavy atom. The monoisotopic (exact) mass is 490 g/mol. The quantitative estimate of drug-likeness (QED) is 0.316. The van der Waals surface area contributed by atoms with E-state index in [1.54, 1.807) is 20.1 Å². The van der Waals surface area contributed by atoms with E-state index in [2.05, 4.69) is 15.5 Å². The van der Waals surface area contributed by atoms with Crippen LogP contribution in [0, 0.1) is 6.92 Å². The van der Waals surface area contributed by atoms with Crippen LogP contribution >= 0.6 is 23.1 Å². The summed E-state index contributed by atoms with van der Waals surface area (Å²) >= 11 is 2.61. The molecule has 1 N–H and O–H groups in total. The molecular formula is C22H26N4O5S2. The van der Waals surface area contributed by atoms with E-state index in [9.17, 15) is 9.59 Å². The molecule has 0 aliphatic rings. The van der Waals surface area contributed by atoms with Gasteiger partial charge in [-0.2, -0.15) is 0 Å². The summed E-state index contributed by atoms with van der Waals surface area (Å²) in [5, 5.41) is 12.3. The first kappa shape index (κ1) is 24.6. The molecule has 0 spiro atoms. The molecule has 1 amide bonds. The van der Waals surface area contributed by atoms with Crippen molar-refractivity contribution in [2.24, 2.45) is 0 Å². The molecule has 0 bridgehead atoms. The van der Waals surface area contributed by atoms with E-state index in [0.29, 0.717) is 33.8 Å². The molecular weight excluding hydrogens is 464 g/mol. The Morgan fingerprint density at radius 1 is 1.15 bits per heavy atom. The lowest BCUT2D eigenvalue weighted by molar-refractivity contribution is -0.113. The second kappa shape index (κ2) is 11.7. The molecule has 33 heavy (non-hydrogen) atoms. The lowest BCUT2D eigenvalue weighted by Gasteiger charge is -2.09. The maximum atomic E-state index is 12.5. The minimum Gasteiger partial charge on any atom is -0.497 e. The van der Waals surface area contributed by atoms with Crippen LogP contribution in [0.4, 0.5) is 5.00 Å². The molecule has 0 atom stereocenters. The maximum absolute atomic E-state index is 12.5. The standard InChI is InChI=1S/C22H26N4O5S2/c1-5-26-18(12-31-16-9-7-15(29-4)8-10-16)24-25-22(26)32-13-19(27)23-20-17(11-14(3)33-20)21(28)30-6-2/h7-11H,5-6,12-13H2,1-4H3,(H,23,27). The van der Waals surface area contributed by atoms with Gasteiger partial charge in [-0.3, -0.25) is 4.79 Å². The van der Waals surface area contributed by atoms with Crippen molar-refractivity contribution in [3.8, 4) is 11.5 Å². The second-order valence-electron chi connectivity index (χ2n) is 6.76. The number of hydrogen-bond donors (Lipinski definition) is 1. The third-order valence-corrected chi connectivity index (χ3v) is 6.41. The lowest BCUT2D eigenvalue weighted by Crippen LogP contribution is -2.16. The van der Waals surface area contributed by atoms with E-state index in [-0.39, 0.29) is 24.9 Å². The summed E-state index contributed by atoms with van der Waals surface area (Å²) in [6, 6.07) is 9.00. The van der Waals surface area contributed by atoms with Crippen LogP contribution in [-0.4, -0.2) is 46.1 Å². The van der Waals surface area contributed by atoms with Gasteiger partial charge in [-0.25, -0.2) is 4.79 Å². The number of anilines is 1. The van der Waals surface area contributed by atoms with E-state index in [1.807, 2.05) is 42.7 Å². The van der Waals surface area contributed by atoms with Crippen molar-refractivity contribution in [3.63, 3.8) is 0 Å². The Kier molecular flexibility index (Phi) is 8.72. The zero-order valence-corrected chi connectivity index (χ0v) is 20.5. The van der Waals surface area contributed by atoms with Gasteiger partial charge in [0.2, 0.25) is 5.91 Å². The number of amides is 1. The number of thiophene rings is 1. The summed E-state index contributed by atoms with van der Waals surface area (Å²) in [6.45, 7) is 6.74. The molecule has 0 saturated heterocycles. The van der Waals surface area contributed by atoms with Gasteiger partial charge in [0, 0.05) is 11.4 Å². The first-order chi connectivity index (χ1) is 15.9. The van der Waals surface area contributed by atoms with E-state index in [1.165, 1.54) is 23.1 Å². The first-order valence-electron chi connectivity index (χ1n) is 10.3. The Bertz CT molecular complexity index is 1090. The van der Waals surface area contributed by atoms with Crippen LogP contribution < -0.4 is 14.8 Å². The van der Waals surface area contributed by atoms with Gasteiger partial charge in [0.15, 0.2) is 11.0 Å². The van der Waals surface area contributed by atoms with Crippen LogP contribution in [0.1, 0.15) is 34.9 Å². The van der Waals surface area contributed by atoms with Crippen molar-refractivity contribution < 1.29 is 23.8 Å². The number of benzene rings is 1. The summed E-state index contributed by atoms with van der Waals surface area (Å²) in [7, 11) is 1.61. The Hall–Kier alpha value is -3.05. The van der Waals surface area contributed by atoms with Crippen LogP contribution in [0.2, 0.25) is 0 Å². The van der Waals surface area contributed by atoms with Crippen molar-refractivity contribution in [1.29, 1.82) is 0 Å². The SMILES string of the molecule is CCOC(=O)c1cc(C)sc1NC(=O)CSc1nnc(COc2ccc(OC)cc2)n1CC. The Labute approximate surface area is 200 Å². The van der Waals surface area contributed by atoms with Gasteiger partial charge in [0.05, 0.1) is 25.0 Å². The average molecular weight is 491 g/mol. The molecule has 11 heteroatoms. The number of nitrogens with zero attached hydrogens (tertiary/aromatic N) is 3. The van der Waals surface area contributed by atoms with Crippen LogP contribution in [0.5, 0.6) is 11.5 Å². The van der Waals surface area contributed by atoms with Gasteiger partial charge >= 0.3 is 5.97 Å². The normalized spacial score (nSPS) is 10.7. The zero-order chi connectivity index (χ0) is 23.8. The number of carbonyl (C=O) groups is 2. The smallest absolute Gasteiger partial charge is 0.341 e. The Morgan fingerprint density at radius 3 is 2.55 bits per heavy atom. The van der Waals surface area contributed by atoms with E-state index >= 15 is 0 Å². The zero-order valence-electron chi connectivity index (χ0n) is 18.9. The minimum atomic E-state index is -0.447. The third kappa shape index (κ3) is 6.48. The number of thioether (sulfide) groups is 1. The number of nitrogens with one attached hydrogen (secondary N) is 1. The largest absolute Gasteiger partial charge is 0.497 e. The molecule has 2 heterocycles. The second-order valence-corrected chi connectivity index (χ2v) is 8.96. The molecule has 2 aromatic heterocycles. The van der Waals surface area contributed by atoms with Crippen molar-refractivity contribution in [2.45, 2.75) is 39.1 Å². The lowest BCUT2D eigenvalue weighted by atomic mass is 10.3. The fourth-order valence-electron chi connectivity index (χ4n) is 2.93. The maximum Gasteiger partial charge on any atom is 0.341 e. The van der Waals surface area contributed by atoms with Crippen LogP contribution in [0.3, 0.4) is 0 Å². The van der Waals surface area contributed by atoms with Crippen LogP contribution in [0.25, 0.3) is 0 Å². The van der Waals surface area contributed by atoms with Gasteiger partial charge in [-0.15, -0.1) is 21.5 Å². The predicted molar refractivity (Wildman–Crippen MR) is 127 cm³/mol. The van der Waals surface area contributed by atoms with Crippen molar-refractivity contribution >= 4 is 40.0 Å². The summed E-state index contributed by atoms with van der Waals surface area (Å²) in [5.74, 6) is 1.54. The molecule has 0 unspecified atom stereocenters. The molecule has 176 valence electrons. The van der Waals surface area contributed by atoms with Gasteiger partial charge in [-0.1, -0.05) is 11.8 Å². The number of aromatic nitrogens is 3. The first-order valence-corrected chi connectivity index (χ1v) is 12.1. The predicted octanol–water partition coefficient (Wildman–Crippen LogP) is 4.16. The summed E-state index contributed by atoms with van der Waals surface area (Å²) < 4.78 is 17.9. The molecule has 0 radical (unpaired) electrons. The van der Waals surface area contributed by atoms with Crippen LogP contribution in [0.15, 0.2) is 35.5 Å². The highest BCUT2D eigenvalue weighted by molar-refractivity contribution is 7.99. The molecule has 0 aliphatic heterocycles. The summed E-state index contributed by atoms with van der Waals surface area (Å²) in [5.41, 5.74) is 0.368. The number of methoxy groups -OCH3 is 1. The van der Waals surface area contributed by atoms with Crippen molar-refractivity contribution in [3.05, 3.63) is 46.6 Å². The number of aryl methyl sites for hydroxylation is 1. The highest BCUT2D eigenvalue weighted by atomic mass is 32.2. The average Bonchev–Trinajstić information content (AvgIpc) is 3.38. The van der Waals surface area contributed by atoms with Crippen LogP contribution in [-0.2, 0) is 22.7 Å². The fraction of sp³-hybridized carbons (Fsp3) is 0.364. The number of hydrogen-bond acceptors (Lipinski definition) is 9. The summed E-state index contributed by atoms with van der Waals surface area (Å²) in [4.78, 5) is 25.5. The van der Waals surface area contributed by atoms with Gasteiger partial charge in [0.25, 0.3) is 0 Å². The molecule has 1 aromatic carbocycles. The van der Waals surface area contributed by atoms with E-state index in [4.69, 9.17) is 14.2 Å². The molecule has 0 fully saturated rings. The summed E-state index contributed by atoms with van der Waals surface area (Å²) in [6.07, 6.45) is 0. The molecule has 3 rings (SSSR count). The highest BCUT2D eigenvalue weighted by Crippen LogP contribution is 2.29. The molecule has 0 saturated carbocycles. The number of esters is 1. The van der Waals surface area contributed by atoms with Crippen molar-refractivity contribution in [2.75, 3.05) is 24.8 Å². The third-order valence-electron chi connectivity index (χ3n) is 4.47. The highest BCUT2D eigenvalue weighted by Gasteiger charge is 2.19. The minimum absolute atomic E-state index is 0.122. The van der Waals surface area contributed by atoms with Crippen molar-refractivity contribution in [1.82, 2.24) is 14.8 Å². The molecule has 3 aromatic rings. The van der Waals surface area contributed by atoms with E-state index in [0.717, 1.165) is 10.6 Å². The number of carbonyl (C=O) groups excluding carboxylic acids is 2. The van der Waals surface area contributed by atoms with E-state index < -0.39 is 5.97 Å². The van der Waals surface area contributed by atoms with Gasteiger partial charge in [-0.05, 0) is 51.1 Å².